The molecule has 3 rings (SSSR count). The monoisotopic (exact) mass is 407 g/mol. The van der Waals surface area contributed by atoms with Gasteiger partial charge in [0.05, 0.1) is 5.69 Å². The third-order valence-electron chi connectivity index (χ3n) is 3.09. The molecule has 0 aliphatic carbocycles. The van der Waals surface area contributed by atoms with Crippen LogP contribution in [0, 0.1) is 6.92 Å². The molecule has 1 amide bonds. The van der Waals surface area contributed by atoms with E-state index >= 15 is 0 Å². The summed E-state index contributed by atoms with van der Waals surface area (Å²) in [5.41, 5.74) is 2.12. The van der Waals surface area contributed by atoms with Crippen molar-refractivity contribution in [3.8, 4) is 11.3 Å². The minimum Gasteiger partial charge on any atom is -0.296 e. The van der Waals surface area contributed by atoms with Crippen LogP contribution in [-0.4, -0.2) is 15.9 Å². The second-order valence-electron chi connectivity index (χ2n) is 4.74. The van der Waals surface area contributed by atoms with Crippen LogP contribution in [0.2, 0.25) is 5.02 Å². The molecule has 7 heteroatoms. The summed E-state index contributed by atoms with van der Waals surface area (Å²) < 4.78 is 1.01. The van der Waals surface area contributed by atoms with Gasteiger partial charge in [-0.1, -0.05) is 39.7 Å². The summed E-state index contributed by atoms with van der Waals surface area (Å²) in [5, 5.41) is 3.77. The van der Waals surface area contributed by atoms with Crippen molar-refractivity contribution in [2.75, 3.05) is 5.32 Å². The first-order valence-corrected chi connectivity index (χ1v) is 8.68. The van der Waals surface area contributed by atoms with Crippen molar-refractivity contribution in [2.24, 2.45) is 0 Å². The number of rotatable bonds is 3. The number of amides is 1. The van der Waals surface area contributed by atoms with Gasteiger partial charge in [-0.15, -0.1) is 11.3 Å². The van der Waals surface area contributed by atoms with Crippen molar-refractivity contribution >= 4 is 49.9 Å². The van der Waals surface area contributed by atoms with Crippen molar-refractivity contribution in [1.29, 1.82) is 0 Å². The van der Waals surface area contributed by atoms with Crippen molar-refractivity contribution < 1.29 is 4.79 Å². The molecule has 3 aromatic rings. The van der Waals surface area contributed by atoms with Crippen LogP contribution in [-0.2, 0) is 0 Å². The lowest BCUT2D eigenvalue weighted by molar-refractivity contribution is 0.102. The second-order valence-corrected chi connectivity index (χ2v) is 7.30. The molecule has 0 saturated heterocycles. The van der Waals surface area contributed by atoms with E-state index in [1.165, 1.54) is 23.6 Å². The fourth-order valence-corrected chi connectivity index (χ4v) is 3.27. The Morgan fingerprint density at radius 2 is 2.00 bits per heavy atom. The molecule has 116 valence electrons. The van der Waals surface area contributed by atoms with Gasteiger partial charge in [-0.05, 0) is 31.2 Å². The maximum atomic E-state index is 12.2. The number of aromatic nitrogens is 2. The van der Waals surface area contributed by atoms with Crippen molar-refractivity contribution in [1.82, 2.24) is 9.97 Å². The highest BCUT2D eigenvalue weighted by Crippen LogP contribution is 2.31. The molecule has 4 nitrogen and oxygen atoms in total. The number of pyridine rings is 1. The van der Waals surface area contributed by atoms with Gasteiger partial charge in [-0.2, -0.15) is 0 Å². The van der Waals surface area contributed by atoms with Crippen molar-refractivity contribution in [2.45, 2.75) is 6.92 Å². The fraction of sp³-hybridized carbons (Fsp3) is 0.0625. The first-order valence-electron chi connectivity index (χ1n) is 6.69. The molecular weight excluding hydrogens is 398 g/mol. The van der Waals surface area contributed by atoms with Crippen LogP contribution in [0.25, 0.3) is 11.3 Å². The Kier molecular flexibility index (Phi) is 4.75. The molecule has 0 aliphatic heterocycles. The van der Waals surface area contributed by atoms with Gasteiger partial charge in [-0.25, -0.2) is 4.98 Å². The zero-order valence-corrected chi connectivity index (χ0v) is 15.2. The SMILES string of the molecule is Cc1sc(NC(=O)c2cc(Cl)ccn2)nc1-c1ccc(Br)cc1. The Hall–Kier alpha value is -1.76. The largest absolute Gasteiger partial charge is 0.296 e. The topological polar surface area (TPSA) is 54.9 Å². The van der Waals surface area contributed by atoms with E-state index in [4.69, 9.17) is 11.6 Å². The summed E-state index contributed by atoms with van der Waals surface area (Å²) in [4.78, 5) is 21.7. The summed E-state index contributed by atoms with van der Waals surface area (Å²) >= 11 is 10.7. The van der Waals surface area contributed by atoms with Gasteiger partial charge in [-0.3, -0.25) is 15.1 Å². The lowest BCUT2D eigenvalue weighted by Crippen LogP contribution is -2.13. The number of halogens is 2. The second kappa shape index (κ2) is 6.78. The van der Waals surface area contributed by atoms with Gasteiger partial charge in [0.2, 0.25) is 0 Å². The highest BCUT2D eigenvalue weighted by Gasteiger charge is 2.14. The quantitative estimate of drug-likeness (QED) is 0.649. The van der Waals surface area contributed by atoms with E-state index in [1.54, 1.807) is 6.07 Å². The normalized spacial score (nSPS) is 10.6. The predicted molar refractivity (Wildman–Crippen MR) is 97.2 cm³/mol. The van der Waals surface area contributed by atoms with Gasteiger partial charge in [0.25, 0.3) is 5.91 Å². The summed E-state index contributed by atoms with van der Waals surface area (Å²) in [6, 6.07) is 11.0. The number of anilines is 1. The van der Waals surface area contributed by atoms with E-state index in [2.05, 4.69) is 31.2 Å². The van der Waals surface area contributed by atoms with E-state index < -0.39 is 0 Å². The van der Waals surface area contributed by atoms with Gasteiger partial charge >= 0.3 is 0 Å². The minimum atomic E-state index is -0.330. The molecule has 0 atom stereocenters. The summed E-state index contributed by atoms with van der Waals surface area (Å²) in [5.74, 6) is -0.330. The van der Waals surface area contributed by atoms with Gasteiger partial charge in [0.1, 0.15) is 5.69 Å². The number of carbonyl (C=O) groups is 1. The molecule has 0 aliphatic rings. The molecule has 0 bridgehead atoms. The zero-order chi connectivity index (χ0) is 16.4. The summed E-state index contributed by atoms with van der Waals surface area (Å²) in [6.07, 6.45) is 1.50. The Labute approximate surface area is 150 Å². The van der Waals surface area contributed by atoms with Crippen LogP contribution in [0.15, 0.2) is 47.1 Å². The average molecular weight is 409 g/mol. The molecule has 23 heavy (non-hydrogen) atoms. The van der Waals surface area contributed by atoms with Crippen LogP contribution >= 0.6 is 38.9 Å². The lowest BCUT2D eigenvalue weighted by Gasteiger charge is -2.01. The lowest BCUT2D eigenvalue weighted by atomic mass is 10.1. The number of aryl methyl sites for hydroxylation is 1. The van der Waals surface area contributed by atoms with Crippen molar-refractivity contribution in [3.63, 3.8) is 0 Å². The molecule has 0 spiro atoms. The third-order valence-corrected chi connectivity index (χ3v) is 4.74. The van der Waals surface area contributed by atoms with Crippen LogP contribution in [0.5, 0.6) is 0 Å². The average Bonchev–Trinajstić information content (AvgIpc) is 2.88. The standard InChI is InChI=1S/C16H11BrClN3OS/c1-9-14(10-2-4-11(17)5-3-10)20-16(23-9)21-15(22)13-8-12(18)6-7-19-13/h2-8H,1H3,(H,20,21,22). The van der Waals surface area contributed by atoms with Gasteiger partial charge in [0.15, 0.2) is 5.13 Å². The number of thiazole rings is 1. The van der Waals surface area contributed by atoms with Gasteiger partial charge in [0, 0.05) is 26.1 Å². The Morgan fingerprint density at radius 1 is 1.26 bits per heavy atom. The smallest absolute Gasteiger partial charge is 0.276 e. The zero-order valence-electron chi connectivity index (χ0n) is 12.0. The molecule has 0 unspecified atom stereocenters. The number of benzene rings is 1. The molecule has 2 heterocycles. The minimum absolute atomic E-state index is 0.260. The Bertz CT molecular complexity index is 864. The Morgan fingerprint density at radius 3 is 2.70 bits per heavy atom. The first kappa shape index (κ1) is 16.1. The molecule has 0 saturated carbocycles. The molecule has 1 N–H and O–H groups in total. The maximum Gasteiger partial charge on any atom is 0.276 e. The first-order chi connectivity index (χ1) is 11.0. The van der Waals surface area contributed by atoms with E-state index in [1.807, 2.05) is 31.2 Å². The number of hydrogen-bond acceptors (Lipinski definition) is 4. The van der Waals surface area contributed by atoms with E-state index in [-0.39, 0.29) is 11.6 Å². The van der Waals surface area contributed by atoms with Crippen LogP contribution in [0.1, 0.15) is 15.4 Å². The molecule has 1 aromatic carbocycles. The Balaban J connectivity index is 1.83. The highest BCUT2D eigenvalue weighted by atomic mass is 79.9. The van der Waals surface area contributed by atoms with E-state index in [0.29, 0.717) is 10.2 Å². The van der Waals surface area contributed by atoms with E-state index in [9.17, 15) is 4.79 Å². The van der Waals surface area contributed by atoms with Gasteiger partial charge < -0.3 is 0 Å². The number of carbonyl (C=O) groups excluding carboxylic acids is 1. The van der Waals surface area contributed by atoms with E-state index in [0.717, 1.165) is 20.6 Å². The molecule has 2 aromatic heterocycles. The summed E-state index contributed by atoms with van der Waals surface area (Å²) in [6.45, 7) is 1.97. The number of hydrogen-bond donors (Lipinski definition) is 1. The molecule has 0 radical (unpaired) electrons. The van der Waals surface area contributed by atoms with Crippen molar-refractivity contribution in [3.05, 3.63) is 62.7 Å². The van der Waals surface area contributed by atoms with Crippen LogP contribution in [0.4, 0.5) is 5.13 Å². The van der Waals surface area contributed by atoms with Crippen LogP contribution in [0.3, 0.4) is 0 Å². The maximum absolute atomic E-state index is 12.2. The molecule has 0 fully saturated rings. The molecular formula is C16H11BrClN3OS. The highest BCUT2D eigenvalue weighted by molar-refractivity contribution is 9.10. The predicted octanol–water partition coefficient (Wildman–Crippen LogP) is 5.18. The number of nitrogens with one attached hydrogen (secondary N) is 1. The summed E-state index contributed by atoms with van der Waals surface area (Å²) in [7, 11) is 0. The number of nitrogens with zero attached hydrogens (tertiary/aromatic N) is 2. The fourth-order valence-electron chi connectivity index (χ4n) is 2.02. The van der Waals surface area contributed by atoms with Crippen LogP contribution < -0.4 is 5.32 Å². The third kappa shape index (κ3) is 3.77.